The molecule has 1 heterocycles. The van der Waals surface area contributed by atoms with Crippen molar-refractivity contribution in [1.29, 1.82) is 0 Å². The van der Waals surface area contributed by atoms with Gasteiger partial charge in [-0.15, -0.1) is 0 Å². The molecule has 0 spiro atoms. The number of morpholine rings is 1. The molecule has 24 heavy (non-hydrogen) atoms. The summed E-state index contributed by atoms with van der Waals surface area (Å²) in [4.78, 5) is 22.4. The summed E-state index contributed by atoms with van der Waals surface area (Å²) in [5, 5.41) is 10.8. The lowest BCUT2D eigenvalue weighted by Crippen LogP contribution is -2.48. The van der Waals surface area contributed by atoms with Crippen LogP contribution in [0.1, 0.15) is 24.2 Å². The van der Waals surface area contributed by atoms with E-state index in [1.807, 2.05) is 0 Å². The van der Waals surface area contributed by atoms with Gasteiger partial charge in [-0.3, -0.25) is 9.59 Å². The molecule has 8 nitrogen and oxygen atoms in total. The third-order valence-electron chi connectivity index (χ3n) is 3.52. The number of carbonyl (C=O) groups is 2. The topological polar surface area (TPSA) is 113 Å². The number of ether oxygens (including phenoxy) is 1. The highest BCUT2D eigenvalue weighted by molar-refractivity contribution is 7.89. The van der Waals surface area contributed by atoms with Crippen molar-refractivity contribution in [2.24, 2.45) is 0 Å². The van der Waals surface area contributed by atoms with Crippen LogP contribution in [0.25, 0.3) is 0 Å². The molecule has 1 aromatic carbocycles. The molecule has 1 amide bonds. The van der Waals surface area contributed by atoms with Crippen molar-refractivity contribution in [3.05, 3.63) is 29.8 Å². The lowest BCUT2D eigenvalue weighted by Gasteiger charge is -2.34. The molecule has 2 rings (SSSR count). The number of benzene rings is 1. The van der Waals surface area contributed by atoms with E-state index in [0.29, 0.717) is 0 Å². The normalized spacial score (nSPS) is 22.1. The van der Waals surface area contributed by atoms with E-state index in [1.54, 1.807) is 13.8 Å². The predicted molar refractivity (Wildman–Crippen MR) is 85.2 cm³/mol. The Bertz CT molecular complexity index is 723. The van der Waals surface area contributed by atoms with Gasteiger partial charge in [0.1, 0.15) is 6.54 Å². The second kappa shape index (κ2) is 7.29. The summed E-state index contributed by atoms with van der Waals surface area (Å²) >= 11 is 0. The highest BCUT2D eigenvalue weighted by atomic mass is 32.2. The number of nitrogens with zero attached hydrogens (tertiary/aromatic N) is 1. The molecule has 1 fully saturated rings. The van der Waals surface area contributed by atoms with Crippen LogP contribution in [0.3, 0.4) is 0 Å². The van der Waals surface area contributed by atoms with Gasteiger partial charge in [-0.25, -0.2) is 8.42 Å². The van der Waals surface area contributed by atoms with Crippen molar-refractivity contribution < 1.29 is 27.9 Å². The lowest BCUT2D eigenvalue weighted by molar-refractivity contribution is -0.135. The maximum atomic E-state index is 12.8. The van der Waals surface area contributed by atoms with Crippen LogP contribution in [0, 0.1) is 0 Å². The van der Waals surface area contributed by atoms with Crippen LogP contribution < -0.4 is 5.32 Å². The van der Waals surface area contributed by atoms with Crippen LogP contribution >= 0.6 is 0 Å². The molecule has 0 aromatic heterocycles. The van der Waals surface area contributed by atoms with Crippen LogP contribution in [0.2, 0.25) is 0 Å². The fraction of sp³-hybridized carbons (Fsp3) is 0.467. The molecule has 1 aliphatic rings. The number of carboxylic acid groups (broad SMARTS) is 1. The first-order valence-corrected chi connectivity index (χ1v) is 8.90. The third-order valence-corrected chi connectivity index (χ3v) is 5.35. The molecule has 1 saturated heterocycles. The fourth-order valence-corrected chi connectivity index (χ4v) is 4.17. The number of sulfonamides is 1. The first-order valence-electron chi connectivity index (χ1n) is 7.46. The van der Waals surface area contributed by atoms with Gasteiger partial charge in [-0.05, 0) is 32.0 Å². The molecule has 2 unspecified atom stereocenters. The van der Waals surface area contributed by atoms with Gasteiger partial charge < -0.3 is 15.2 Å². The number of rotatable bonds is 5. The second-order valence-corrected chi connectivity index (χ2v) is 7.62. The lowest BCUT2D eigenvalue weighted by atomic mass is 10.2. The number of amides is 1. The van der Waals surface area contributed by atoms with E-state index in [-0.39, 0.29) is 35.8 Å². The molecule has 0 saturated carbocycles. The van der Waals surface area contributed by atoms with Gasteiger partial charge in [0.05, 0.1) is 17.1 Å². The fourth-order valence-electron chi connectivity index (χ4n) is 2.53. The summed E-state index contributed by atoms with van der Waals surface area (Å²) in [6.45, 7) is 3.54. The van der Waals surface area contributed by atoms with Crippen LogP contribution in [-0.2, 0) is 19.6 Å². The largest absolute Gasteiger partial charge is 0.480 e. The van der Waals surface area contributed by atoms with Crippen LogP contribution in [-0.4, -0.2) is 61.5 Å². The summed E-state index contributed by atoms with van der Waals surface area (Å²) < 4.78 is 32.4. The number of nitrogens with one attached hydrogen (secondary N) is 1. The Morgan fingerprint density at radius 1 is 1.29 bits per heavy atom. The molecule has 2 N–H and O–H groups in total. The highest BCUT2D eigenvalue weighted by Crippen LogP contribution is 2.21. The maximum Gasteiger partial charge on any atom is 0.322 e. The van der Waals surface area contributed by atoms with Gasteiger partial charge in [0, 0.05) is 18.7 Å². The standard InChI is InChI=1S/C15H20N2O6S/c1-10-8-17(9-11(2)23-10)24(21,22)13-5-3-4-12(6-13)15(20)16-7-14(18)19/h3-6,10-11H,7-9H2,1-2H3,(H,16,20)(H,18,19). The van der Waals surface area contributed by atoms with Crippen molar-refractivity contribution in [3.8, 4) is 0 Å². The van der Waals surface area contributed by atoms with Crippen LogP contribution in [0.5, 0.6) is 0 Å². The van der Waals surface area contributed by atoms with E-state index in [0.717, 1.165) is 0 Å². The van der Waals surface area contributed by atoms with Gasteiger partial charge in [-0.2, -0.15) is 4.31 Å². The van der Waals surface area contributed by atoms with Crippen molar-refractivity contribution in [1.82, 2.24) is 9.62 Å². The van der Waals surface area contributed by atoms with Crippen molar-refractivity contribution >= 4 is 21.9 Å². The summed E-state index contributed by atoms with van der Waals surface area (Å²) in [6, 6.07) is 5.54. The Hall–Kier alpha value is -1.97. The Morgan fingerprint density at radius 3 is 2.50 bits per heavy atom. The zero-order valence-electron chi connectivity index (χ0n) is 13.4. The first kappa shape index (κ1) is 18.4. The Morgan fingerprint density at radius 2 is 1.92 bits per heavy atom. The number of carboxylic acids is 1. The number of aliphatic carboxylic acids is 1. The molecular formula is C15H20N2O6S. The van der Waals surface area contributed by atoms with E-state index in [9.17, 15) is 18.0 Å². The van der Waals surface area contributed by atoms with Gasteiger partial charge in [0.25, 0.3) is 5.91 Å². The predicted octanol–water partition coefficient (Wildman–Crippen LogP) is 0.299. The quantitative estimate of drug-likeness (QED) is 0.784. The van der Waals surface area contributed by atoms with Crippen molar-refractivity contribution in [3.63, 3.8) is 0 Å². The van der Waals surface area contributed by atoms with Gasteiger partial charge in [-0.1, -0.05) is 6.07 Å². The minimum Gasteiger partial charge on any atom is -0.480 e. The molecule has 1 aliphatic heterocycles. The number of hydrogen-bond acceptors (Lipinski definition) is 5. The Labute approximate surface area is 140 Å². The molecule has 0 aliphatic carbocycles. The molecule has 9 heteroatoms. The molecule has 1 aromatic rings. The molecule has 0 radical (unpaired) electrons. The molecule has 2 atom stereocenters. The third kappa shape index (κ3) is 4.31. The molecule has 0 bridgehead atoms. The minimum absolute atomic E-state index is 0.00762. The number of carbonyl (C=O) groups excluding carboxylic acids is 1. The second-order valence-electron chi connectivity index (χ2n) is 5.68. The van der Waals surface area contributed by atoms with E-state index >= 15 is 0 Å². The van der Waals surface area contributed by atoms with E-state index in [4.69, 9.17) is 9.84 Å². The Balaban J connectivity index is 2.23. The average molecular weight is 356 g/mol. The maximum absolute atomic E-state index is 12.8. The number of hydrogen-bond donors (Lipinski definition) is 2. The van der Waals surface area contributed by atoms with Crippen LogP contribution in [0.4, 0.5) is 0 Å². The first-order chi connectivity index (χ1) is 11.2. The average Bonchev–Trinajstić information content (AvgIpc) is 2.51. The van der Waals surface area contributed by atoms with Crippen molar-refractivity contribution in [2.75, 3.05) is 19.6 Å². The summed E-state index contributed by atoms with van der Waals surface area (Å²) in [6.07, 6.45) is -0.434. The minimum atomic E-state index is -3.76. The SMILES string of the molecule is CC1CN(S(=O)(=O)c2cccc(C(=O)NCC(=O)O)c2)CC(C)O1. The van der Waals surface area contributed by atoms with Gasteiger partial charge in [0.2, 0.25) is 10.0 Å². The zero-order valence-corrected chi connectivity index (χ0v) is 14.2. The summed E-state index contributed by atoms with van der Waals surface area (Å²) in [5.41, 5.74) is 0.0895. The molecular weight excluding hydrogens is 336 g/mol. The molecule has 132 valence electrons. The summed E-state index contributed by atoms with van der Waals surface area (Å²) in [7, 11) is -3.76. The van der Waals surface area contributed by atoms with E-state index in [1.165, 1.54) is 28.6 Å². The van der Waals surface area contributed by atoms with E-state index in [2.05, 4.69) is 5.32 Å². The zero-order chi connectivity index (χ0) is 17.9. The van der Waals surface area contributed by atoms with Crippen LogP contribution in [0.15, 0.2) is 29.2 Å². The van der Waals surface area contributed by atoms with Crippen molar-refractivity contribution in [2.45, 2.75) is 31.0 Å². The van der Waals surface area contributed by atoms with Gasteiger partial charge >= 0.3 is 5.97 Å². The Kier molecular flexibility index (Phi) is 5.58. The summed E-state index contributed by atoms with van der Waals surface area (Å²) in [5.74, 6) is -1.82. The highest BCUT2D eigenvalue weighted by Gasteiger charge is 2.32. The smallest absolute Gasteiger partial charge is 0.322 e. The van der Waals surface area contributed by atoms with Gasteiger partial charge in [0.15, 0.2) is 0 Å². The van der Waals surface area contributed by atoms with E-state index < -0.39 is 28.4 Å². The monoisotopic (exact) mass is 356 g/mol.